The number of hydrogen-bond donors (Lipinski definition) is 1. The maximum absolute atomic E-state index is 12.0. The number of carboxylic acids is 1. The van der Waals surface area contributed by atoms with E-state index in [2.05, 4.69) is 38.4 Å². The Balaban J connectivity index is 1.50. The number of hydrogen-bond acceptors (Lipinski definition) is 3. The first-order chi connectivity index (χ1) is 19.1. The van der Waals surface area contributed by atoms with E-state index in [1.807, 2.05) is 6.07 Å². The van der Waals surface area contributed by atoms with Gasteiger partial charge in [0.25, 0.3) is 0 Å². The van der Waals surface area contributed by atoms with E-state index in [1.165, 1.54) is 103 Å². The third kappa shape index (κ3) is 4.15. The van der Waals surface area contributed by atoms with Crippen molar-refractivity contribution in [1.82, 2.24) is 14.0 Å². The Morgan fingerprint density at radius 2 is 1.74 bits per heavy atom. The van der Waals surface area contributed by atoms with Gasteiger partial charge in [-0.3, -0.25) is 4.90 Å². The third-order valence-electron chi connectivity index (χ3n) is 9.52. The third-order valence-corrected chi connectivity index (χ3v) is 9.52. The molecular weight excluding hydrogens is 486 g/mol. The Morgan fingerprint density at radius 1 is 0.949 bits per heavy atom. The summed E-state index contributed by atoms with van der Waals surface area (Å²) in [5, 5.41) is 12.3. The van der Waals surface area contributed by atoms with Crippen molar-refractivity contribution in [2.45, 2.75) is 83.3 Å². The van der Waals surface area contributed by atoms with Crippen molar-refractivity contribution in [1.29, 1.82) is 0 Å². The molecule has 6 nitrogen and oxygen atoms in total. The number of carboxylic acid groups (broad SMARTS) is 1. The number of likely N-dealkylation sites (tertiary alicyclic amines) is 1. The molecule has 1 N–H and O–H groups in total. The van der Waals surface area contributed by atoms with Gasteiger partial charge in [-0.15, -0.1) is 0 Å². The van der Waals surface area contributed by atoms with Gasteiger partial charge in [0.2, 0.25) is 0 Å². The second-order valence-corrected chi connectivity index (χ2v) is 11.9. The monoisotopic (exact) mass is 525 g/mol. The van der Waals surface area contributed by atoms with Gasteiger partial charge in [0, 0.05) is 47.7 Å². The first-order valence-electron chi connectivity index (χ1n) is 14.9. The molecule has 2 aliphatic heterocycles. The molecule has 2 fully saturated rings. The van der Waals surface area contributed by atoms with E-state index in [-0.39, 0.29) is 0 Å². The lowest BCUT2D eigenvalue weighted by Gasteiger charge is -2.26. The summed E-state index contributed by atoms with van der Waals surface area (Å²) in [5.41, 5.74) is 8.08. The van der Waals surface area contributed by atoms with Gasteiger partial charge in [0.1, 0.15) is 5.75 Å². The lowest BCUT2D eigenvalue weighted by molar-refractivity contribution is 0.0697. The Hall–Kier alpha value is -3.25. The maximum atomic E-state index is 12.0. The van der Waals surface area contributed by atoms with Crippen LogP contribution in [0.2, 0.25) is 0 Å². The molecule has 6 heteroatoms. The molecule has 3 aliphatic rings. The van der Waals surface area contributed by atoms with Gasteiger partial charge in [-0.2, -0.15) is 0 Å². The standard InChI is InChI=1S/C33H39N3O3/c1-39-28-14-13-26-31-30(28)24(20-34-15-6-3-7-16-34)21-35(31)17-8-18-36-27-19-23(33(37)38)11-12-25(27)29(32(26)36)22-9-4-2-5-10-22/h11-14,19,21-22H,2-10,15-18,20H2,1H3,(H,37,38). The highest BCUT2D eigenvalue weighted by molar-refractivity contribution is 6.05. The van der Waals surface area contributed by atoms with Crippen LogP contribution in [0.15, 0.2) is 36.5 Å². The second kappa shape index (κ2) is 10.1. The van der Waals surface area contributed by atoms with Gasteiger partial charge >= 0.3 is 5.97 Å². The number of methoxy groups -OCH3 is 1. The average Bonchev–Trinajstić information content (AvgIpc) is 3.48. The smallest absolute Gasteiger partial charge is 0.335 e. The molecule has 0 bridgehead atoms. The molecule has 1 saturated carbocycles. The van der Waals surface area contributed by atoms with Crippen molar-refractivity contribution in [2.24, 2.45) is 0 Å². The van der Waals surface area contributed by atoms with Crippen LogP contribution in [0.1, 0.15) is 85.2 Å². The number of piperidine rings is 1. The van der Waals surface area contributed by atoms with Crippen LogP contribution in [0, 0.1) is 0 Å². The van der Waals surface area contributed by atoms with E-state index < -0.39 is 5.97 Å². The molecule has 0 amide bonds. The SMILES string of the molecule is COc1ccc2c3c1c(CN1CCCCC1)cn3CCCn1c-2c(C2CCCCC2)c2ccc(C(=O)O)cc21. The highest BCUT2D eigenvalue weighted by Crippen LogP contribution is 2.48. The molecule has 4 heterocycles. The molecule has 2 aromatic carbocycles. The van der Waals surface area contributed by atoms with Crippen molar-refractivity contribution in [3.05, 3.63) is 53.2 Å². The Morgan fingerprint density at radius 3 is 2.51 bits per heavy atom. The first kappa shape index (κ1) is 24.8. The minimum absolute atomic E-state index is 0.368. The molecule has 0 unspecified atom stereocenters. The molecule has 7 rings (SSSR count). The largest absolute Gasteiger partial charge is 0.496 e. The molecule has 1 saturated heterocycles. The molecule has 0 radical (unpaired) electrons. The summed E-state index contributed by atoms with van der Waals surface area (Å²) in [5.74, 6) is 0.594. The van der Waals surface area contributed by atoms with Crippen LogP contribution in [0.3, 0.4) is 0 Å². The van der Waals surface area contributed by atoms with E-state index in [1.54, 1.807) is 13.2 Å². The zero-order valence-electron chi connectivity index (χ0n) is 23.0. The summed E-state index contributed by atoms with van der Waals surface area (Å²) >= 11 is 0. The van der Waals surface area contributed by atoms with Crippen molar-refractivity contribution in [3.8, 4) is 17.0 Å². The summed E-state index contributed by atoms with van der Waals surface area (Å²) in [4.78, 5) is 14.6. The zero-order chi connectivity index (χ0) is 26.5. The number of aromatic nitrogens is 2. The zero-order valence-corrected chi connectivity index (χ0v) is 23.0. The van der Waals surface area contributed by atoms with Crippen molar-refractivity contribution in [2.75, 3.05) is 20.2 Å². The number of aryl methyl sites for hydroxylation is 2. The number of benzene rings is 2. The van der Waals surface area contributed by atoms with E-state index >= 15 is 0 Å². The number of carbonyl (C=O) groups is 1. The van der Waals surface area contributed by atoms with Crippen LogP contribution in [0.25, 0.3) is 33.1 Å². The van der Waals surface area contributed by atoms with E-state index in [9.17, 15) is 9.90 Å². The molecule has 1 aliphatic carbocycles. The summed E-state index contributed by atoms with van der Waals surface area (Å²) in [6.07, 6.45) is 13.5. The van der Waals surface area contributed by atoms with Crippen LogP contribution in [-0.4, -0.2) is 45.3 Å². The highest BCUT2D eigenvalue weighted by atomic mass is 16.5. The van der Waals surface area contributed by atoms with Gasteiger partial charge in [-0.05, 0) is 86.5 Å². The fourth-order valence-corrected chi connectivity index (χ4v) is 7.75. The normalized spacial score (nSPS) is 18.7. The number of ether oxygens (including phenoxy) is 1. The number of aromatic carboxylic acids is 1. The van der Waals surface area contributed by atoms with Crippen LogP contribution in [-0.2, 0) is 19.6 Å². The van der Waals surface area contributed by atoms with Crippen LogP contribution >= 0.6 is 0 Å². The highest BCUT2D eigenvalue weighted by Gasteiger charge is 2.30. The summed E-state index contributed by atoms with van der Waals surface area (Å²) < 4.78 is 10.9. The van der Waals surface area contributed by atoms with Crippen LogP contribution in [0.4, 0.5) is 0 Å². The molecule has 39 heavy (non-hydrogen) atoms. The molecule has 0 atom stereocenters. The Kier molecular flexibility index (Phi) is 6.38. The van der Waals surface area contributed by atoms with Crippen molar-refractivity contribution >= 4 is 27.8 Å². The second-order valence-electron chi connectivity index (χ2n) is 11.9. The van der Waals surface area contributed by atoms with E-state index in [0.717, 1.165) is 37.3 Å². The van der Waals surface area contributed by atoms with Gasteiger partial charge in [0.15, 0.2) is 0 Å². The molecule has 4 aromatic rings. The first-order valence-corrected chi connectivity index (χ1v) is 14.9. The maximum Gasteiger partial charge on any atom is 0.335 e. The summed E-state index contributed by atoms with van der Waals surface area (Å²) in [6, 6.07) is 10.2. The summed E-state index contributed by atoms with van der Waals surface area (Å²) in [6.45, 7) is 5.12. The quantitative estimate of drug-likeness (QED) is 0.295. The van der Waals surface area contributed by atoms with Gasteiger partial charge in [-0.1, -0.05) is 31.7 Å². The number of nitrogens with zero attached hydrogens (tertiary/aromatic N) is 3. The lowest BCUT2D eigenvalue weighted by atomic mass is 9.81. The van der Waals surface area contributed by atoms with Crippen LogP contribution < -0.4 is 4.74 Å². The molecule has 0 spiro atoms. The molecule has 204 valence electrons. The predicted octanol–water partition coefficient (Wildman–Crippen LogP) is 7.41. The van der Waals surface area contributed by atoms with Gasteiger partial charge in [0.05, 0.1) is 23.9 Å². The van der Waals surface area contributed by atoms with Gasteiger partial charge < -0.3 is 19.0 Å². The summed E-state index contributed by atoms with van der Waals surface area (Å²) in [7, 11) is 1.79. The topological polar surface area (TPSA) is 59.6 Å². The number of fused-ring (bicyclic) bond motifs is 4. The van der Waals surface area contributed by atoms with E-state index in [0.29, 0.717) is 11.5 Å². The van der Waals surface area contributed by atoms with E-state index in [4.69, 9.17) is 4.74 Å². The molecular formula is C33H39N3O3. The minimum Gasteiger partial charge on any atom is -0.496 e. The van der Waals surface area contributed by atoms with Crippen LogP contribution in [0.5, 0.6) is 5.75 Å². The van der Waals surface area contributed by atoms with Crippen molar-refractivity contribution in [3.63, 3.8) is 0 Å². The predicted molar refractivity (Wildman–Crippen MR) is 156 cm³/mol. The fourth-order valence-electron chi connectivity index (χ4n) is 7.75. The van der Waals surface area contributed by atoms with Crippen molar-refractivity contribution < 1.29 is 14.6 Å². The van der Waals surface area contributed by atoms with Gasteiger partial charge in [-0.25, -0.2) is 4.79 Å². The molecule has 2 aromatic heterocycles. The Bertz CT molecular complexity index is 1550. The average molecular weight is 526 g/mol. The fraction of sp³-hybridized carbons (Fsp3) is 0.485. The lowest BCUT2D eigenvalue weighted by Crippen LogP contribution is -2.29. The minimum atomic E-state index is -0.861. The Labute approximate surface area is 230 Å². The number of rotatable bonds is 5.